The highest BCUT2D eigenvalue weighted by Gasteiger charge is 2.27. The second kappa shape index (κ2) is 8.87. The summed E-state index contributed by atoms with van der Waals surface area (Å²) in [6, 6.07) is 8.33. The zero-order valence-corrected chi connectivity index (χ0v) is 16.2. The number of carbonyl (C=O) groups excluding carboxylic acids is 1. The average molecular weight is 370 g/mol. The van der Waals surface area contributed by atoms with Crippen LogP contribution in [-0.2, 0) is 11.2 Å². The number of aromatic nitrogens is 1. The summed E-state index contributed by atoms with van der Waals surface area (Å²) in [6.45, 7) is 3.00. The Kier molecular flexibility index (Phi) is 6.07. The summed E-state index contributed by atoms with van der Waals surface area (Å²) >= 11 is 0. The lowest BCUT2D eigenvalue weighted by Crippen LogP contribution is -2.46. The van der Waals surface area contributed by atoms with Crippen molar-refractivity contribution in [2.45, 2.75) is 63.8 Å². The maximum atomic E-state index is 12.6. The first kappa shape index (κ1) is 18.5. The van der Waals surface area contributed by atoms with Gasteiger partial charge >= 0.3 is 0 Å². The van der Waals surface area contributed by atoms with Gasteiger partial charge in [0, 0.05) is 19.0 Å². The van der Waals surface area contributed by atoms with Gasteiger partial charge in [-0.2, -0.15) is 0 Å². The van der Waals surface area contributed by atoms with Crippen molar-refractivity contribution >= 4 is 17.0 Å². The van der Waals surface area contributed by atoms with Gasteiger partial charge in [0.15, 0.2) is 11.5 Å². The Balaban J connectivity index is 1.22. The van der Waals surface area contributed by atoms with Crippen LogP contribution in [0.1, 0.15) is 57.3 Å². The van der Waals surface area contributed by atoms with Crippen molar-refractivity contribution < 1.29 is 9.21 Å². The molecule has 5 heteroatoms. The van der Waals surface area contributed by atoms with Crippen molar-refractivity contribution in [1.29, 1.82) is 0 Å². The molecule has 1 aliphatic heterocycles. The molecule has 1 aliphatic carbocycles. The molecule has 1 amide bonds. The normalized spacial score (nSPS) is 22.1. The summed E-state index contributed by atoms with van der Waals surface area (Å²) in [5.74, 6) is 1.26. The standard InChI is InChI=1S/C22H31N3O2/c26-22(23-18-9-2-1-3-10-18)17-8-6-14-25(16-17)15-7-13-21-24-19-11-4-5-12-20(19)27-21/h4-5,11-12,17-18H,1-3,6-10,13-16H2,(H,23,26)/t17-/m0/s1. The Morgan fingerprint density at radius 2 is 2.00 bits per heavy atom. The van der Waals surface area contributed by atoms with Crippen LogP contribution in [0.5, 0.6) is 0 Å². The van der Waals surface area contributed by atoms with Crippen LogP contribution < -0.4 is 5.32 Å². The van der Waals surface area contributed by atoms with Gasteiger partial charge in [-0.1, -0.05) is 31.4 Å². The van der Waals surface area contributed by atoms with Crippen molar-refractivity contribution in [3.05, 3.63) is 30.2 Å². The van der Waals surface area contributed by atoms with Gasteiger partial charge in [-0.3, -0.25) is 4.79 Å². The molecule has 0 radical (unpaired) electrons. The van der Waals surface area contributed by atoms with E-state index in [2.05, 4.69) is 15.2 Å². The van der Waals surface area contributed by atoms with E-state index in [1.165, 1.54) is 19.3 Å². The summed E-state index contributed by atoms with van der Waals surface area (Å²) in [6.07, 6.45) is 10.2. The van der Waals surface area contributed by atoms with Gasteiger partial charge in [0.1, 0.15) is 5.52 Å². The Bertz CT molecular complexity index is 718. The average Bonchev–Trinajstić information content (AvgIpc) is 3.12. The second-order valence-corrected chi connectivity index (χ2v) is 8.16. The summed E-state index contributed by atoms with van der Waals surface area (Å²) in [4.78, 5) is 19.6. The molecule has 1 aromatic heterocycles. The van der Waals surface area contributed by atoms with Gasteiger partial charge in [0.2, 0.25) is 5.91 Å². The number of nitrogens with zero attached hydrogens (tertiary/aromatic N) is 2. The highest BCUT2D eigenvalue weighted by atomic mass is 16.3. The molecule has 1 saturated carbocycles. The predicted octanol–water partition coefficient (Wildman–Crippen LogP) is 3.92. The quantitative estimate of drug-likeness (QED) is 0.838. The molecule has 1 saturated heterocycles. The van der Waals surface area contributed by atoms with E-state index in [0.717, 1.165) is 75.1 Å². The second-order valence-electron chi connectivity index (χ2n) is 8.16. The van der Waals surface area contributed by atoms with E-state index < -0.39 is 0 Å². The molecule has 2 aromatic rings. The lowest BCUT2D eigenvalue weighted by atomic mass is 9.93. The van der Waals surface area contributed by atoms with Crippen LogP contribution in [0, 0.1) is 5.92 Å². The first-order chi connectivity index (χ1) is 13.3. The molecule has 2 fully saturated rings. The first-order valence-corrected chi connectivity index (χ1v) is 10.6. The van der Waals surface area contributed by atoms with Crippen LogP contribution in [0.4, 0.5) is 0 Å². The summed E-state index contributed by atoms with van der Waals surface area (Å²) in [5.41, 5.74) is 1.80. The number of hydrogen-bond acceptors (Lipinski definition) is 4. The molecular weight excluding hydrogens is 338 g/mol. The van der Waals surface area contributed by atoms with Crippen LogP contribution in [0.25, 0.3) is 11.1 Å². The van der Waals surface area contributed by atoms with Crippen molar-refractivity contribution in [3.63, 3.8) is 0 Å². The fraction of sp³-hybridized carbons (Fsp3) is 0.636. The monoisotopic (exact) mass is 369 g/mol. The van der Waals surface area contributed by atoms with Crippen LogP contribution in [0.3, 0.4) is 0 Å². The van der Waals surface area contributed by atoms with Crippen molar-refractivity contribution in [3.8, 4) is 0 Å². The number of benzene rings is 1. The molecule has 146 valence electrons. The fourth-order valence-corrected chi connectivity index (χ4v) is 4.52. The number of carbonyl (C=O) groups is 1. The van der Waals surface area contributed by atoms with Crippen LogP contribution in [-0.4, -0.2) is 41.5 Å². The summed E-state index contributed by atoms with van der Waals surface area (Å²) in [5, 5.41) is 3.32. The number of nitrogens with one attached hydrogen (secondary N) is 1. The zero-order valence-electron chi connectivity index (χ0n) is 16.2. The fourth-order valence-electron chi connectivity index (χ4n) is 4.52. The van der Waals surface area contributed by atoms with E-state index in [1.807, 2.05) is 24.3 Å². The molecule has 27 heavy (non-hydrogen) atoms. The highest BCUT2D eigenvalue weighted by molar-refractivity contribution is 5.79. The van der Waals surface area contributed by atoms with E-state index in [9.17, 15) is 4.79 Å². The summed E-state index contributed by atoms with van der Waals surface area (Å²) < 4.78 is 5.81. The predicted molar refractivity (Wildman–Crippen MR) is 107 cm³/mol. The topological polar surface area (TPSA) is 58.4 Å². The van der Waals surface area contributed by atoms with Crippen LogP contribution >= 0.6 is 0 Å². The summed E-state index contributed by atoms with van der Waals surface area (Å²) in [7, 11) is 0. The number of amides is 1. The number of piperidine rings is 1. The molecular formula is C22H31N3O2. The molecule has 1 aromatic carbocycles. The molecule has 5 nitrogen and oxygen atoms in total. The molecule has 0 unspecified atom stereocenters. The van der Waals surface area contributed by atoms with E-state index >= 15 is 0 Å². The van der Waals surface area contributed by atoms with Gasteiger partial charge in [0.25, 0.3) is 0 Å². The molecule has 2 aliphatic rings. The third-order valence-corrected chi connectivity index (χ3v) is 6.03. The van der Waals surface area contributed by atoms with Gasteiger partial charge in [-0.05, 0) is 57.3 Å². The smallest absolute Gasteiger partial charge is 0.224 e. The van der Waals surface area contributed by atoms with Crippen molar-refractivity contribution in [1.82, 2.24) is 15.2 Å². The maximum absolute atomic E-state index is 12.6. The minimum atomic E-state index is 0.157. The number of rotatable bonds is 6. The molecule has 1 atom stereocenters. The molecule has 4 rings (SSSR count). The Morgan fingerprint density at radius 3 is 2.85 bits per heavy atom. The minimum absolute atomic E-state index is 0.157. The maximum Gasteiger partial charge on any atom is 0.224 e. The Labute approximate surface area is 161 Å². The van der Waals surface area contributed by atoms with Gasteiger partial charge in [-0.15, -0.1) is 0 Å². The number of fused-ring (bicyclic) bond motifs is 1. The highest BCUT2D eigenvalue weighted by Crippen LogP contribution is 2.21. The first-order valence-electron chi connectivity index (χ1n) is 10.6. The Morgan fingerprint density at radius 1 is 1.15 bits per heavy atom. The number of para-hydroxylation sites is 2. The Hall–Kier alpha value is -1.88. The lowest BCUT2D eigenvalue weighted by Gasteiger charge is -2.33. The lowest BCUT2D eigenvalue weighted by molar-refractivity contribution is -0.127. The van der Waals surface area contributed by atoms with E-state index in [1.54, 1.807) is 0 Å². The number of hydrogen-bond donors (Lipinski definition) is 1. The minimum Gasteiger partial charge on any atom is -0.441 e. The van der Waals surface area contributed by atoms with E-state index in [-0.39, 0.29) is 11.8 Å². The number of aryl methyl sites for hydroxylation is 1. The van der Waals surface area contributed by atoms with Crippen molar-refractivity contribution in [2.75, 3.05) is 19.6 Å². The molecule has 0 spiro atoms. The van der Waals surface area contributed by atoms with E-state index in [4.69, 9.17) is 4.42 Å². The molecule has 1 N–H and O–H groups in total. The van der Waals surface area contributed by atoms with Crippen LogP contribution in [0.15, 0.2) is 28.7 Å². The van der Waals surface area contributed by atoms with Crippen molar-refractivity contribution in [2.24, 2.45) is 5.92 Å². The third kappa shape index (κ3) is 4.89. The number of likely N-dealkylation sites (tertiary alicyclic amines) is 1. The zero-order chi connectivity index (χ0) is 18.5. The van der Waals surface area contributed by atoms with Gasteiger partial charge in [0.05, 0.1) is 5.92 Å². The number of oxazole rings is 1. The molecule has 2 heterocycles. The third-order valence-electron chi connectivity index (χ3n) is 6.03. The van der Waals surface area contributed by atoms with Gasteiger partial charge < -0.3 is 14.6 Å². The molecule has 0 bridgehead atoms. The van der Waals surface area contributed by atoms with Gasteiger partial charge in [-0.25, -0.2) is 4.98 Å². The largest absolute Gasteiger partial charge is 0.441 e. The van der Waals surface area contributed by atoms with E-state index in [0.29, 0.717) is 6.04 Å². The van der Waals surface area contributed by atoms with Crippen LogP contribution in [0.2, 0.25) is 0 Å². The SMILES string of the molecule is O=C(NC1CCCCC1)[C@H]1CCCN(CCCc2nc3ccccc3o2)C1.